The number of hydrogen-bond acceptors (Lipinski definition) is 4. The van der Waals surface area contributed by atoms with Crippen molar-refractivity contribution < 1.29 is 9.53 Å². The van der Waals surface area contributed by atoms with Crippen LogP contribution in [0.2, 0.25) is 0 Å². The molecule has 1 saturated heterocycles. The van der Waals surface area contributed by atoms with Crippen LogP contribution in [0.5, 0.6) is 0 Å². The molecule has 1 aromatic heterocycles. The number of carbonyl (C=O) groups is 1. The lowest BCUT2D eigenvalue weighted by molar-refractivity contribution is 0.0332. The summed E-state index contributed by atoms with van der Waals surface area (Å²) in [5, 5.41) is 3.90. The maximum Gasteiger partial charge on any atom is 0.252 e. The first kappa shape index (κ1) is 19.4. The quantitative estimate of drug-likeness (QED) is 0.701. The van der Waals surface area contributed by atoms with Gasteiger partial charge in [-0.25, -0.2) is 0 Å². The highest BCUT2D eigenvalue weighted by Gasteiger charge is 2.22. The van der Waals surface area contributed by atoms with Crippen molar-refractivity contribution in [3.05, 3.63) is 81.6 Å². The molecule has 1 amide bonds. The topological polar surface area (TPSA) is 74.4 Å². The minimum atomic E-state index is -0.283. The fourth-order valence-electron chi connectivity index (χ4n) is 3.70. The number of rotatable bonds is 5. The van der Waals surface area contributed by atoms with Crippen LogP contribution in [0.25, 0.3) is 10.9 Å². The number of pyridine rings is 1. The molecule has 150 valence electrons. The summed E-state index contributed by atoms with van der Waals surface area (Å²) in [5.41, 5.74) is 2.98. The fourth-order valence-corrected chi connectivity index (χ4v) is 3.70. The van der Waals surface area contributed by atoms with E-state index in [1.165, 1.54) is 11.6 Å². The van der Waals surface area contributed by atoms with Crippen LogP contribution in [-0.2, 0) is 4.74 Å². The SMILES string of the molecule is Cc1ccc([C@@H](CN2CCOCC2)NC(=O)c2cc(=O)[nH]c3ccccc23)cc1. The standard InChI is InChI=1S/C23H25N3O3/c1-16-6-8-17(9-7-16)21(15-26-10-12-29-13-11-26)25-23(28)19-14-22(27)24-20-5-3-2-4-18(19)20/h2-9,14,21H,10-13,15H2,1H3,(H,24,27)(H,25,28)/t21-/m1/s1. The van der Waals surface area contributed by atoms with Crippen LogP contribution >= 0.6 is 0 Å². The summed E-state index contributed by atoms with van der Waals surface area (Å²) in [6.45, 7) is 5.82. The number of H-pyrrole nitrogens is 1. The van der Waals surface area contributed by atoms with Gasteiger partial charge in [-0.2, -0.15) is 0 Å². The van der Waals surface area contributed by atoms with Crippen LogP contribution in [0.3, 0.4) is 0 Å². The minimum Gasteiger partial charge on any atom is -0.379 e. The van der Waals surface area contributed by atoms with E-state index in [2.05, 4.69) is 39.5 Å². The second kappa shape index (κ2) is 8.59. The number of aromatic amines is 1. The smallest absolute Gasteiger partial charge is 0.252 e. The van der Waals surface area contributed by atoms with Gasteiger partial charge in [0.25, 0.3) is 5.91 Å². The number of ether oxygens (including phenoxy) is 1. The van der Waals surface area contributed by atoms with Gasteiger partial charge < -0.3 is 15.0 Å². The first-order chi connectivity index (χ1) is 14.1. The fraction of sp³-hybridized carbons (Fsp3) is 0.304. The third-order valence-electron chi connectivity index (χ3n) is 5.32. The summed E-state index contributed by atoms with van der Waals surface area (Å²) < 4.78 is 5.45. The highest BCUT2D eigenvalue weighted by Crippen LogP contribution is 2.19. The van der Waals surface area contributed by atoms with Gasteiger partial charge in [-0.3, -0.25) is 14.5 Å². The molecule has 0 bridgehead atoms. The Bertz CT molecular complexity index is 1050. The normalized spacial score (nSPS) is 15.9. The number of nitrogens with one attached hydrogen (secondary N) is 2. The van der Waals surface area contributed by atoms with Crippen molar-refractivity contribution >= 4 is 16.8 Å². The molecule has 1 atom stereocenters. The molecule has 2 N–H and O–H groups in total. The molecule has 0 unspecified atom stereocenters. The number of fused-ring (bicyclic) bond motifs is 1. The van der Waals surface area contributed by atoms with Crippen LogP contribution < -0.4 is 10.9 Å². The summed E-state index contributed by atoms with van der Waals surface area (Å²) in [7, 11) is 0. The highest BCUT2D eigenvalue weighted by atomic mass is 16.5. The molecule has 2 heterocycles. The van der Waals surface area contributed by atoms with Gasteiger partial charge in [0.2, 0.25) is 5.56 Å². The number of nitrogens with zero attached hydrogens (tertiary/aromatic N) is 1. The molecule has 3 aromatic rings. The van der Waals surface area contributed by atoms with E-state index in [4.69, 9.17) is 4.74 Å². The predicted octanol–water partition coefficient (Wildman–Crippen LogP) is 2.64. The zero-order valence-electron chi connectivity index (χ0n) is 16.5. The number of benzene rings is 2. The van der Waals surface area contributed by atoms with E-state index in [0.717, 1.165) is 24.0 Å². The van der Waals surface area contributed by atoms with Gasteiger partial charge >= 0.3 is 0 Å². The van der Waals surface area contributed by atoms with Gasteiger partial charge in [0.05, 0.1) is 24.8 Å². The molecular formula is C23H25N3O3. The molecule has 6 heteroatoms. The summed E-state index contributed by atoms with van der Waals surface area (Å²) in [4.78, 5) is 30.3. The van der Waals surface area contributed by atoms with Gasteiger partial charge in [-0.05, 0) is 18.6 Å². The summed E-state index contributed by atoms with van der Waals surface area (Å²) in [6.07, 6.45) is 0. The molecule has 1 fully saturated rings. The molecule has 2 aromatic carbocycles. The molecule has 0 radical (unpaired) electrons. The Morgan fingerprint density at radius 1 is 1.14 bits per heavy atom. The van der Waals surface area contributed by atoms with Crippen molar-refractivity contribution in [1.29, 1.82) is 0 Å². The summed E-state index contributed by atoms with van der Waals surface area (Å²) in [5.74, 6) is -0.244. The second-order valence-electron chi connectivity index (χ2n) is 7.44. The van der Waals surface area contributed by atoms with E-state index in [-0.39, 0.29) is 17.5 Å². The maximum atomic E-state index is 13.2. The zero-order valence-corrected chi connectivity index (χ0v) is 16.5. The molecule has 0 saturated carbocycles. The van der Waals surface area contributed by atoms with Gasteiger partial charge in [-0.1, -0.05) is 48.0 Å². The molecular weight excluding hydrogens is 366 g/mol. The summed E-state index contributed by atoms with van der Waals surface area (Å²) in [6, 6.07) is 16.8. The number of carbonyl (C=O) groups excluding carboxylic acids is 1. The number of amides is 1. The lowest BCUT2D eigenvalue weighted by atomic mass is 10.0. The minimum absolute atomic E-state index is 0.181. The molecule has 6 nitrogen and oxygen atoms in total. The van der Waals surface area contributed by atoms with Crippen LogP contribution in [0, 0.1) is 6.92 Å². The van der Waals surface area contributed by atoms with E-state index >= 15 is 0 Å². The summed E-state index contributed by atoms with van der Waals surface area (Å²) >= 11 is 0. The number of morpholine rings is 1. The Labute approximate surface area is 169 Å². The molecule has 4 rings (SSSR count). The number of hydrogen-bond donors (Lipinski definition) is 2. The molecule has 1 aliphatic heterocycles. The van der Waals surface area contributed by atoms with Crippen molar-refractivity contribution in [1.82, 2.24) is 15.2 Å². The van der Waals surface area contributed by atoms with E-state index in [1.807, 2.05) is 25.1 Å². The van der Waals surface area contributed by atoms with Gasteiger partial charge in [0.1, 0.15) is 0 Å². The first-order valence-electron chi connectivity index (χ1n) is 9.90. The first-order valence-corrected chi connectivity index (χ1v) is 9.90. The zero-order chi connectivity index (χ0) is 20.2. The number of aromatic nitrogens is 1. The van der Waals surface area contributed by atoms with E-state index < -0.39 is 0 Å². The molecule has 1 aliphatic rings. The lowest BCUT2D eigenvalue weighted by Gasteiger charge is -2.31. The third kappa shape index (κ3) is 4.55. The Balaban J connectivity index is 1.64. The van der Waals surface area contributed by atoms with E-state index in [0.29, 0.717) is 30.8 Å². The van der Waals surface area contributed by atoms with Crippen molar-refractivity contribution in [3.8, 4) is 0 Å². The van der Waals surface area contributed by atoms with E-state index in [9.17, 15) is 9.59 Å². The highest BCUT2D eigenvalue weighted by molar-refractivity contribution is 6.06. The monoisotopic (exact) mass is 391 g/mol. The van der Waals surface area contributed by atoms with Gasteiger partial charge in [0.15, 0.2) is 0 Å². The largest absolute Gasteiger partial charge is 0.379 e. The Morgan fingerprint density at radius 2 is 1.86 bits per heavy atom. The van der Waals surface area contributed by atoms with Crippen molar-refractivity contribution in [3.63, 3.8) is 0 Å². The third-order valence-corrected chi connectivity index (χ3v) is 5.32. The average Bonchev–Trinajstić information content (AvgIpc) is 2.74. The Morgan fingerprint density at radius 3 is 2.62 bits per heavy atom. The van der Waals surface area contributed by atoms with Crippen molar-refractivity contribution in [2.75, 3.05) is 32.8 Å². The molecule has 29 heavy (non-hydrogen) atoms. The second-order valence-corrected chi connectivity index (χ2v) is 7.44. The Hall–Kier alpha value is -2.96. The predicted molar refractivity (Wildman–Crippen MR) is 113 cm³/mol. The maximum absolute atomic E-state index is 13.2. The average molecular weight is 391 g/mol. The van der Waals surface area contributed by atoms with E-state index in [1.54, 1.807) is 6.07 Å². The van der Waals surface area contributed by atoms with Gasteiger partial charge in [-0.15, -0.1) is 0 Å². The van der Waals surface area contributed by atoms with Crippen molar-refractivity contribution in [2.45, 2.75) is 13.0 Å². The van der Waals surface area contributed by atoms with Crippen LogP contribution in [0.15, 0.2) is 59.4 Å². The molecule has 0 spiro atoms. The van der Waals surface area contributed by atoms with Crippen LogP contribution in [0.4, 0.5) is 0 Å². The Kier molecular flexibility index (Phi) is 5.74. The van der Waals surface area contributed by atoms with Crippen LogP contribution in [-0.4, -0.2) is 48.6 Å². The number of aryl methyl sites for hydroxylation is 1. The van der Waals surface area contributed by atoms with Gasteiger partial charge in [0, 0.05) is 36.6 Å². The number of para-hydroxylation sites is 1. The van der Waals surface area contributed by atoms with Crippen LogP contribution in [0.1, 0.15) is 27.5 Å². The van der Waals surface area contributed by atoms with Crippen molar-refractivity contribution in [2.24, 2.45) is 0 Å². The molecule has 0 aliphatic carbocycles. The lowest BCUT2D eigenvalue weighted by Crippen LogP contribution is -2.43.